The topological polar surface area (TPSA) is 85.5 Å². The van der Waals surface area contributed by atoms with E-state index in [9.17, 15) is 14.0 Å². The number of ether oxygens (including phenoxy) is 1. The van der Waals surface area contributed by atoms with Gasteiger partial charge in [0, 0.05) is 66.5 Å². The van der Waals surface area contributed by atoms with Crippen LogP contribution in [-0.2, 0) is 22.8 Å². The summed E-state index contributed by atoms with van der Waals surface area (Å²) < 4.78 is 68.1. The van der Waals surface area contributed by atoms with Crippen molar-refractivity contribution in [1.29, 1.82) is 0 Å². The average Bonchev–Trinajstić information content (AvgIpc) is 3.36. The maximum Gasteiger partial charge on any atom is 0.417 e. The van der Waals surface area contributed by atoms with Crippen molar-refractivity contribution in [1.82, 2.24) is 24.2 Å². The number of piperazine rings is 1. The highest BCUT2D eigenvalue weighted by Gasteiger charge is 2.41. The number of nitrogens with zero attached hydrogens (tertiary/aromatic N) is 6. The highest BCUT2D eigenvalue weighted by molar-refractivity contribution is 7.99. The van der Waals surface area contributed by atoms with Crippen molar-refractivity contribution in [2.75, 3.05) is 37.5 Å². The van der Waals surface area contributed by atoms with Crippen molar-refractivity contribution in [3.05, 3.63) is 58.9 Å². The fourth-order valence-corrected chi connectivity index (χ4v) is 7.95. The van der Waals surface area contributed by atoms with Crippen LogP contribution < -0.4 is 10.6 Å². The van der Waals surface area contributed by atoms with Gasteiger partial charge in [-0.3, -0.25) is 14.0 Å². The van der Waals surface area contributed by atoms with E-state index in [4.69, 9.17) is 4.74 Å². The summed E-state index contributed by atoms with van der Waals surface area (Å²) in [5.41, 5.74) is -1.02. The lowest BCUT2D eigenvalue weighted by atomic mass is 9.94. The average molecular weight is 631 g/mol. The van der Waals surface area contributed by atoms with Gasteiger partial charge in [0.2, 0.25) is 5.91 Å². The van der Waals surface area contributed by atoms with E-state index in [1.165, 1.54) is 46.5 Å². The Bertz CT molecular complexity index is 1880. The number of hydrogen-bond acceptors (Lipinski definition) is 7. The summed E-state index contributed by atoms with van der Waals surface area (Å²) in [6.07, 6.45) is -2.29. The van der Waals surface area contributed by atoms with Crippen molar-refractivity contribution in [2.45, 2.75) is 43.0 Å². The molecule has 2 aromatic heterocycles. The van der Waals surface area contributed by atoms with Gasteiger partial charge in [-0.15, -0.1) is 11.8 Å². The maximum atomic E-state index is 15.1. The van der Waals surface area contributed by atoms with Crippen molar-refractivity contribution >= 4 is 45.3 Å². The fourth-order valence-electron chi connectivity index (χ4n) is 6.63. The molecule has 44 heavy (non-hydrogen) atoms. The molecule has 14 heteroatoms. The van der Waals surface area contributed by atoms with Gasteiger partial charge in [-0.25, -0.2) is 9.18 Å². The molecule has 2 aliphatic heterocycles. The molecule has 0 saturated carbocycles. The van der Waals surface area contributed by atoms with E-state index < -0.39 is 29.3 Å². The lowest BCUT2D eigenvalue weighted by Gasteiger charge is -2.45. The molecular weight excluding hydrogens is 600 g/mol. The van der Waals surface area contributed by atoms with Crippen LogP contribution in [0.15, 0.2) is 46.7 Å². The lowest BCUT2D eigenvalue weighted by Crippen LogP contribution is -2.58. The number of thioether (sulfide) groups is 1. The molecule has 3 atom stereocenters. The summed E-state index contributed by atoms with van der Waals surface area (Å²) in [7, 11) is 3.04. The SMILES string of the molecule is C=CC(=O)N1[C@H](C)CN(c2nc(=O)n3c4c(c(-c5ccc(F)c6cnn(C)c56)c(C(F)(F)F)cc24)SC[C@@H]3COC)C[C@@H]1C. The van der Waals surface area contributed by atoms with E-state index in [2.05, 4.69) is 16.7 Å². The van der Waals surface area contributed by atoms with Crippen molar-refractivity contribution in [2.24, 2.45) is 7.05 Å². The van der Waals surface area contributed by atoms with Crippen LogP contribution in [0.3, 0.4) is 0 Å². The molecule has 0 unspecified atom stereocenters. The third-order valence-electron chi connectivity index (χ3n) is 8.36. The summed E-state index contributed by atoms with van der Waals surface area (Å²) >= 11 is 1.20. The minimum atomic E-state index is -4.81. The molecule has 0 bridgehead atoms. The minimum Gasteiger partial charge on any atom is -0.383 e. The Morgan fingerprint density at radius 1 is 1.18 bits per heavy atom. The first-order valence-electron chi connectivity index (χ1n) is 14.0. The Kier molecular flexibility index (Phi) is 7.47. The molecule has 4 heterocycles. The molecule has 1 fully saturated rings. The molecule has 0 spiro atoms. The molecule has 6 rings (SSSR count). The van der Waals surface area contributed by atoms with Gasteiger partial charge in [0.05, 0.1) is 40.8 Å². The number of benzene rings is 2. The highest BCUT2D eigenvalue weighted by Crippen LogP contribution is 2.51. The lowest BCUT2D eigenvalue weighted by molar-refractivity contribution is -0.137. The van der Waals surface area contributed by atoms with Crippen LogP contribution in [0.2, 0.25) is 0 Å². The van der Waals surface area contributed by atoms with E-state index in [0.717, 1.165) is 12.1 Å². The number of anilines is 1. The number of fused-ring (bicyclic) bond motifs is 1. The first kappa shape index (κ1) is 30.1. The van der Waals surface area contributed by atoms with Crippen LogP contribution >= 0.6 is 11.8 Å². The van der Waals surface area contributed by atoms with Gasteiger partial charge in [0.15, 0.2) is 0 Å². The number of alkyl halides is 3. The zero-order valence-corrected chi connectivity index (χ0v) is 25.3. The zero-order chi connectivity index (χ0) is 31.7. The van der Waals surface area contributed by atoms with E-state index >= 15 is 13.2 Å². The molecule has 0 radical (unpaired) electrons. The highest BCUT2D eigenvalue weighted by atomic mass is 32.2. The number of amides is 1. The molecule has 2 aliphatic rings. The summed E-state index contributed by atoms with van der Waals surface area (Å²) in [4.78, 5) is 34.4. The number of aryl methyl sites for hydroxylation is 1. The first-order chi connectivity index (χ1) is 20.9. The molecule has 0 N–H and O–H groups in total. The summed E-state index contributed by atoms with van der Waals surface area (Å²) in [6, 6.07) is 2.37. The number of hydrogen-bond donors (Lipinski definition) is 0. The second-order valence-corrected chi connectivity index (χ2v) is 12.2. The Balaban J connectivity index is 1.69. The van der Waals surface area contributed by atoms with Crippen molar-refractivity contribution < 1.29 is 27.1 Å². The number of carbonyl (C=O) groups is 1. The standard InChI is InChI=1S/C30H30F4N6O3S/c1-6-23(41)39-15(2)11-38(12-16(39)3)28-19-9-21(30(32,33)34)24(18-7-8-22(31)20-10-35-37(4)25(18)20)27-26(19)40(29(42)36-28)17(13-43-5)14-44-27/h6-10,15-17H,1,11-14H2,2-5H3/t15-,16+,17-/m0/s1. The van der Waals surface area contributed by atoms with E-state index in [0.29, 0.717) is 5.52 Å². The van der Waals surface area contributed by atoms with Crippen LogP contribution in [0.25, 0.3) is 32.9 Å². The van der Waals surface area contributed by atoms with Gasteiger partial charge < -0.3 is 14.5 Å². The Morgan fingerprint density at radius 3 is 2.52 bits per heavy atom. The number of methoxy groups -OCH3 is 1. The largest absolute Gasteiger partial charge is 0.417 e. The van der Waals surface area contributed by atoms with Gasteiger partial charge >= 0.3 is 11.9 Å². The second kappa shape index (κ2) is 10.9. The molecule has 2 aromatic carbocycles. The second-order valence-electron chi connectivity index (χ2n) is 11.2. The normalized spacial score (nSPS) is 20.5. The number of rotatable bonds is 5. The van der Waals surface area contributed by atoms with Gasteiger partial charge in [0.25, 0.3) is 0 Å². The van der Waals surface area contributed by atoms with E-state index in [1.54, 1.807) is 16.8 Å². The van der Waals surface area contributed by atoms with Crippen molar-refractivity contribution in [3.63, 3.8) is 0 Å². The van der Waals surface area contributed by atoms with Crippen LogP contribution in [-0.4, -0.2) is 74.8 Å². The third kappa shape index (κ3) is 4.66. The third-order valence-corrected chi connectivity index (χ3v) is 9.60. The number of aromatic nitrogens is 4. The van der Waals surface area contributed by atoms with Crippen LogP contribution in [0.1, 0.15) is 25.5 Å². The molecule has 232 valence electrons. The van der Waals surface area contributed by atoms with Crippen molar-refractivity contribution in [3.8, 4) is 11.1 Å². The number of carbonyl (C=O) groups excluding carboxylic acids is 1. The fraction of sp³-hybridized carbons (Fsp3) is 0.400. The molecule has 4 aromatic rings. The summed E-state index contributed by atoms with van der Waals surface area (Å²) in [5.74, 6) is -0.476. The Hall–Kier alpha value is -3.91. The van der Waals surface area contributed by atoms with E-state index in [-0.39, 0.29) is 81.6 Å². The van der Waals surface area contributed by atoms with Gasteiger partial charge in [-0.1, -0.05) is 6.58 Å². The van der Waals surface area contributed by atoms with Gasteiger partial charge in [-0.05, 0) is 38.1 Å². The van der Waals surface area contributed by atoms with Crippen LogP contribution in [0.4, 0.5) is 23.4 Å². The quantitative estimate of drug-likeness (QED) is 0.226. The van der Waals surface area contributed by atoms with Crippen LogP contribution in [0, 0.1) is 5.82 Å². The predicted molar refractivity (Wildman–Crippen MR) is 160 cm³/mol. The molecule has 1 saturated heterocycles. The molecule has 1 amide bonds. The van der Waals surface area contributed by atoms with Gasteiger partial charge in [0.1, 0.15) is 11.6 Å². The maximum absolute atomic E-state index is 15.1. The molecule has 9 nitrogen and oxygen atoms in total. The van der Waals surface area contributed by atoms with Crippen LogP contribution in [0.5, 0.6) is 0 Å². The predicted octanol–water partition coefficient (Wildman–Crippen LogP) is 5.01. The number of halogens is 4. The summed E-state index contributed by atoms with van der Waals surface area (Å²) in [6.45, 7) is 7.89. The first-order valence-corrected chi connectivity index (χ1v) is 15.0. The Morgan fingerprint density at radius 2 is 1.89 bits per heavy atom. The van der Waals surface area contributed by atoms with Gasteiger partial charge in [-0.2, -0.15) is 23.3 Å². The Labute approximate surface area is 254 Å². The monoisotopic (exact) mass is 630 g/mol. The van der Waals surface area contributed by atoms with E-state index in [1.807, 2.05) is 13.8 Å². The molecule has 0 aliphatic carbocycles. The smallest absolute Gasteiger partial charge is 0.383 e. The molecular formula is C30H30F4N6O3S. The summed E-state index contributed by atoms with van der Waals surface area (Å²) in [5, 5.41) is 4.37. The zero-order valence-electron chi connectivity index (χ0n) is 24.5. The minimum absolute atomic E-state index is 0.0891.